The number of rotatable bonds is 4. The number of aromatic nitrogens is 2. The number of hydrogen-bond donors (Lipinski definition) is 0. The third kappa shape index (κ3) is 3.31. The van der Waals surface area contributed by atoms with Gasteiger partial charge in [0.05, 0.1) is 6.10 Å². The van der Waals surface area contributed by atoms with Crippen LogP contribution >= 0.6 is 15.9 Å². The Morgan fingerprint density at radius 2 is 2.35 bits per heavy atom. The molecule has 1 saturated heterocycles. The summed E-state index contributed by atoms with van der Waals surface area (Å²) >= 11 is 3.54. The van der Waals surface area contributed by atoms with E-state index >= 15 is 0 Å². The second-order valence-electron chi connectivity index (χ2n) is 4.64. The van der Waals surface area contributed by atoms with Gasteiger partial charge >= 0.3 is 0 Å². The highest BCUT2D eigenvalue weighted by molar-refractivity contribution is 9.09. The summed E-state index contributed by atoms with van der Waals surface area (Å²) in [6.07, 6.45) is 2.94. The Labute approximate surface area is 111 Å². The summed E-state index contributed by atoms with van der Waals surface area (Å²) in [6, 6.07) is 1.93. The smallest absolute Gasteiger partial charge is 0.218 e. The van der Waals surface area contributed by atoms with Crippen molar-refractivity contribution in [2.45, 2.75) is 26.4 Å². The van der Waals surface area contributed by atoms with Gasteiger partial charge in [0.15, 0.2) is 0 Å². The van der Waals surface area contributed by atoms with E-state index in [1.165, 1.54) is 6.42 Å². The van der Waals surface area contributed by atoms with E-state index in [4.69, 9.17) is 4.74 Å². The third-order valence-corrected chi connectivity index (χ3v) is 3.73. The van der Waals surface area contributed by atoms with E-state index in [1.54, 1.807) is 6.33 Å². The van der Waals surface area contributed by atoms with Crippen LogP contribution < -0.4 is 9.64 Å². The molecule has 94 valence electrons. The number of anilines is 1. The average molecular weight is 300 g/mol. The van der Waals surface area contributed by atoms with Crippen molar-refractivity contribution in [3.63, 3.8) is 0 Å². The standard InChI is InChI=1S/C12H18BrN3O/c1-9(2)17-12-5-11(14-8-15-12)16-4-3-10(6-13)7-16/h5,8-10H,3-4,6-7H2,1-2H3. The zero-order valence-corrected chi connectivity index (χ0v) is 11.9. The van der Waals surface area contributed by atoms with Crippen LogP contribution in [-0.4, -0.2) is 34.5 Å². The van der Waals surface area contributed by atoms with Crippen molar-refractivity contribution in [3.05, 3.63) is 12.4 Å². The number of alkyl halides is 1. The van der Waals surface area contributed by atoms with Crippen LogP contribution in [0.1, 0.15) is 20.3 Å². The lowest BCUT2D eigenvalue weighted by molar-refractivity contribution is 0.232. The highest BCUT2D eigenvalue weighted by Gasteiger charge is 2.22. The zero-order valence-electron chi connectivity index (χ0n) is 10.3. The molecule has 0 spiro atoms. The Morgan fingerprint density at radius 3 is 3.00 bits per heavy atom. The molecule has 0 N–H and O–H groups in total. The van der Waals surface area contributed by atoms with Crippen molar-refractivity contribution in [1.82, 2.24) is 9.97 Å². The first-order valence-electron chi connectivity index (χ1n) is 5.98. The molecule has 1 aromatic rings. The molecular weight excluding hydrogens is 282 g/mol. The van der Waals surface area contributed by atoms with Gasteiger partial charge in [-0.2, -0.15) is 0 Å². The van der Waals surface area contributed by atoms with Crippen LogP contribution in [0.5, 0.6) is 5.88 Å². The van der Waals surface area contributed by atoms with E-state index in [9.17, 15) is 0 Å². The van der Waals surface area contributed by atoms with Crippen molar-refractivity contribution in [3.8, 4) is 5.88 Å². The highest BCUT2D eigenvalue weighted by atomic mass is 79.9. The molecule has 1 fully saturated rings. The van der Waals surface area contributed by atoms with Crippen LogP contribution in [0, 0.1) is 5.92 Å². The minimum Gasteiger partial charge on any atom is -0.475 e. The summed E-state index contributed by atoms with van der Waals surface area (Å²) in [5.74, 6) is 2.35. The molecular formula is C12H18BrN3O. The molecule has 4 nitrogen and oxygen atoms in total. The Bertz CT molecular complexity index is 373. The van der Waals surface area contributed by atoms with Gasteiger partial charge in [-0.15, -0.1) is 0 Å². The Hall–Kier alpha value is -0.840. The second kappa shape index (κ2) is 5.67. The summed E-state index contributed by atoms with van der Waals surface area (Å²) in [6.45, 7) is 6.12. The largest absolute Gasteiger partial charge is 0.475 e. The molecule has 2 rings (SSSR count). The number of halogens is 1. The Balaban J connectivity index is 2.06. The van der Waals surface area contributed by atoms with Crippen LogP contribution in [0.25, 0.3) is 0 Å². The van der Waals surface area contributed by atoms with E-state index in [-0.39, 0.29) is 6.10 Å². The Kier molecular flexibility index (Phi) is 4.20. The molecule has 2 heterocycles. The van der Waals surface area contributed by atoms with Crippen molar-refractivity contribution in [1.29, 1.82) is 0 Å². The molecule has 0 radical (unpaired) electrons. The zero-order chi connectivity index (χ0) is 12.3. The lowest BCUT2D eigenvalue weighted by Crippen LogP contribution is -2.21. The molecule has 0 amide bonds. The van der Waals surface area contributed by atoms with Gasteiger partial charge in [0, 0.05) is 24.5 Å². The summed E-state index contributed by atoms with van der Waals surface area (Å²) in [5.41, 5.74) is 0. The van der Waals surface area contributed by atoms with E-state index in [0.29, 0.717) is 5.88 Å². The number of nitrogens with zero attached hydrogens (tertiary/aromatic N) is 3. The molecule has 1 aliphatic heterocycles. The fourth-order valence-electron chi connectivity index (χ4n) is 1.98. The third-order valence-electron chi connectivity index (χ3n) is 2.81. The topological polar surface area (TPSA) is 38.2 Å². The Morgan fingerprint density at radius 1 is 1.53 bits per heavy atom. The van der Waals surface area contributed by atoms with Crippen molar-refractivity contribution < 1.29 is 4.74 Å². The molecule has 0 aliphatic carbocycles. The summed E-state index contributed by atoms with van der Waals surface area (Å²) in [5, 5.41) is 1.06. The van der Waals surface area contributed by atoms with Gasteiger partial charge in [-0.1, -0.05) is 15.9 Å². The maximum atomic E-state index is 5.58. The summed E-state index contributed by atoms with van der Waals surface area (Å²) in [4.78, 5) is 10.7. The monoisotopic (exact) mass is 299 g/mol. The summed E-state index contributed by atoms with van der Waals surface area (Å²) < 4.78 is 5.58. The van der Waals surface area contributed by atoms with E-state index in [2.05, 4.69) is 30.8 Å². The van der Waals surface area contributed by atoms with Crippen molar-refractivity contribution >= 4 is 21.7 Å². The maximum Gasteiger partial charge on any atom is 0.218 e. The van der Waals surface area contributed by atoms with Gasteiger partial charge in [-0.25, -0.2) is 9.97 Å². The van der Waals surface area contributed by atoms with Crippen molar-refractivity contribution in [2.24, 2.45) is 5.92 Å². The molecule has 1 aromatic heterocycles. The van der Waals surface area contributed by atoms with Crippen LogP contribution in [0.4, 0.5) is 5.82 Å². The fourth-order valence-corrected chi connectivity index (χ4v) is 2.50. The quantitative estimate of drug-likeness (QED) is 0.801. The molecule has 0 aromatic carbocycles. The first-order valence-corrected chi connectivity index (χ1v) is 7.11. The predicted octanol–water partition coefficient (Wildman–Crippen LogP) is 2.49. The lowest BCUT2D eigenvalue weighted by Gasteiger charge is -2.18. The first kappa shape index (κ1) is 12.6. The number of hydrogen-bond acceptors (Lipinski definition) is 4. The maximum absolute atomic E-state index is 5.58. The van der Waals surface area contributed by atoms with E-state index in [1.807, 2.05) is 19.9 Å². The second-order valence-corrected chi connectivity index (χ2v) is 5.28. The SMILES string of the molecule is CC(C)Oc1cc(N2CCC(CBr)C2)ncn1. The molecule has 0 saturated carbocycles. The molecule has 1 unspecified atom stereocenters. The summed E-state index contributed by atoms with van der Waals surface area (Å²) in [7, 11) is 0. The molecule has 1 aliphatic rings. The highest BCUT2D eigenvalue weighted by Crippen LogP contribution is 2.24. The first-order chi connectivity index (χ1) is 8.19. The molecule has 1 atom stereocenters. The van der Waals surface area contributed by atoms with Gasteiger partial charge in [0.2, 0.25) is 5.88 Å². The van der Waals surface area contributed by atoms with E-state index in [0.717, 1.165) is 30.2 Å². The van der Waals surface area contributed by atoms with Gasteiger partial charge in [-0.3, -0.25) is 0 Å². The van der Waals surface area contributed by atoms with Gasteiger partial charge in [0.1, 0.15) is 12.1 Å². The van der Waals surface area contributed by atoms with Gasteiger partial charge < -0.3 is 9.64 Å². The minimum atomic E-state index is 0.145. The van der Waals surface area contributed by atoms with Crippen LogP contribution in [0.2, 0.25) is 0 Å². The van der Waals surface area contributed by atoms with Crippen LogP contribution in [0.15, 0.2) is 12.4 Å². The molecule has 17 heavy (non-hydrogen) atoms. The molecule has 0 bridgehead atoms. The molecule has 5 heteroatoms. The van der Waals surface area contributed by atoms with Gasteiger partial charge in [-0.05, 0) is 26.2 Å². The predicted molar refractivity (Wildman–Crippen MR) is 71.9 cm³/mol. The number of ether oxygens (including phenoxy) is 1. The van der Waals surface area contributed by atoms with Crippen molar-refractivity contribution in [2.75, 3.05) is 23.3 Å². The average Bonchev–Trinajstić information content (AvgIpc) is 2.77. The minimum absolute atomic E-state index is 0.145. The van der Waals surface area contributed by atoms with Crippen LogP contribution in [0.3, 0.4) is 0 Å². The van der Waals surface area contributed by atoms with Gasteiger partial charge in [0.25, 0.3) is 0 Å². The fraction of sp³-hybridized carbons (Fsp3) is 0.667. The van der Waals surface area contributed by atoms with E-state index < -0.39 is 0 Å². The van der Waals surface area contributed by atoms with Crippen LogP contribution in [-0.2, 0) is 0 Å². The normalized spacial score (nSPS) is 20.0. The lowest BCUT2D eigenvalue weighted by atomic mass is 10.2.